The minimum atomic E-state index is 0.918. The molecule has 1 aromatic heterocycles. The fraction of sp³-hybridized carbons (Fsp3) is 0.348. The van der Waals surface area contributed by atoms with E-state index in [2.05, 4.69) is 45.3 Å². The van der Waals surface area contributed by atoms with Crippen molar-refractivity contribution in [1.29, 1.82) is 0 Å². The van der Waals surface area contributed by atoms with Crippen molar-refractivity contribution in [3.63, 3.8) is 0 Å². The van der Waals surface area contributed by atoms with E-state index in [4.69, 9.17) is 9.26 Å². The summed E-state index contributed by atoms with van der Waals surface area (Å²) in [6, 6.07) is 20.5. The first-order valence-corrected chi connectivity index (χ1v) is 9.95. The van der Waals surface area contributed by atoms with Crippen molar-refractivity contribution in [3.05, 3.63) is 66.4 Å². The number of hydrogen-bond donors (Lipinski definition) is 0. The van der Waals surface area contributed by atoms with E-state index in [0.717, 1.165) is 68.3 Å². The van der Waals surface area contributed by atoms with Crippen molar-refractivity contribution in [2.45, 2.75) is 12.8 Å². The highest BCUT2D eigenvalue weighted by molar-refractivity contribution is 5.59. The topological polar surface area (TPSA) is 41.7 Å². The molecule has 5 heteroatoms. The van der Waals surface area contributed by atoms with Gasteiger partial charge in [-0.25, -0.2) is 0 Å². The number of aromatic nitrogens is 1. The quantitative estimate of drug-likeness (QED) is 0.620. The summed E-state index contributed by atoms with van der Waals surface area (Å²) in [4.78, 5) is 4.94. The molecule has 1 fully saturated rings. The van der Waals surface area contributed by atoms with E-state index in [1.165, 1.54) is 5.69 Å². The predicted molar refractivity (Wildman–Crippen MR) is 112 cm³/mol. The van der Waals surface area contributed by atoms with Gasteiger partial charge in [0.25, 0.3) is 0 Å². The van der Waals surface area contributed by atoms with Crippen LogP contribution in [0.2, 0.25) is 0 Å². The van der Waals surface area contributed by atoms with Gasteiger partial charge in [0.05, 0.1) is 12.8 Å². The SMILES string of the molecule is COc1ccccc1N1CCN(CCCc2cc(-c3ccccc3)no2)CC1. The Hall–Kier alpha value is -2.79. The van der Waals surface area contributed by atoms with E-state index in [0.29, 0.717) is 0 Å². The summed E-state index contributed by atoms with van der Waals surface area (Å²) in [5.74, 6) is 1.92. The van der Waals surface area contributed by atoms with Gasteiger partial charge in [0.2, 0.25) is 0 Å². The van der Waals surface area contributed by atoms with Gasteiger partial charge >= 0.3 is 0 Å². The zero-order valence-corrected chi connectivity index (χ0v) is 16.4. The molecular formula is C23H27N3O2. The number of benzene rings is 2. The molecule has 2 heterocycles. The maximum atomic E-state index is 5.52. The van der Waals surface area contributed by atoms with Gasteiger partial charge in [-0.05, 0) is 25.1 Å². The molecule has 1 aliphatic heterocycles. The van der Waals surface area contributed by atoms with Gasteiger partial charge in [0.1, 0.15) is 17.2 Å². The Morgan fingerprint density at radius 1 is 0.964 bits per heavy atom. The molecule has 0 N–H and O–H groups in total. The molecule has 146 valence electrons. The molecule has 1 saturated heterocycles. The second-order valence-electron chi connectivity index (χ2n) is 7.15. The lowest BCUT2D eigenvalue weighted by atomic mass is 10.1. The van der Waals surface area contributed by atoms with Crippen molar-refractivity contribution in [2.24, 2.45) is 0 Å². The molecule has 0 saturated carbocycles. The van der Waals surface area contributed by atoms with E-state index < -0.39 is 0 Å². The summed E-state index contributed by atoms with van der Waals surface area (Å²) in [5.41, 5.74) is 3.21. The van der Waals surface area contributed by atoms with Crippen LogP contribution in [0.15, 0.2) is 65.2 Å². The van der Waals surface area contributed by atoms with Crippen molar-refractivity contribution < 1.29 is 9.26 Å². The second-order valence-corrected chi connectivity index (χ2v) is 7.15. The zero-order valence-electron chi connectivity index (χ0n) is 16.4. The second kappa shape index (κ2) is 8.93. The summed E-state index contributed by atoms with van der Waals surface area (Å²) in [5, 5.41) is 4.20. The van der Waals surface area contributed by atoms with Crippen LogP contribution in [0.1, 0.15) is 12.2 Å². The third-order valence-corrected chi connectivity index (χ3v) is 5.32. The maximum Gasteiger partial charge on any atom is 0.142 e. The number of nitrogens with zero attached hydrogens (tertiary/aromatic N) is 3. The summed E-state index contributed by atoms with van der Waals surface area (Å²) in [6.45, 7) is 5.29. The average Bonchev–Trinajstić information content (AvgIpc) is 3.24. The lowest BCUT2D eigenvalue weighted by molar-refractivity contribution is 0.251. The third-order valence-electron chi connectivity index (χ3n) is 5.32. The molecular weight excluding hydrogens is 350 g/mol. The minimum Gasteiger partial charge on any atom is -0.495 e. The van der Waals surface area contributed by atoms with Crippen molar-refractivity contribution in [1.82, 2.24) is 10.1 Å². The van der Waals surface area contributed by atoms with E-state index in [1.807, 2.05) is 30.3 Å². The molecule has 1 aliphatic rings. The summed E-state index contributed by atoms with van der Waals surface area (Å²) < 4.78 is 11.0. The first-order valence-electron chi connectivity index (χ1n) is 9.95. The van der Waals surface area contributed by atoms with Crippen LogP contribution in [0, 0.1) is 0 Å². The van der Waals surface area contributed by atoms with Crippen molar-refractivity contribution in [3.8, 4) is 17.0 Å². The molecule has 4 rings (SSSR count). The Labute approximate surface area is 166 Å². The minimum absolute atomic E-state index is 0.918. The van der Waals surface area contributed by atoms with Crippen LogP contribution in [0.4, 0.5) is 5.69 Å². The largest absolute Gasteiger partial charge is 0.495 e. The van der Waals surface area contributed by atoms with Crippen LogP contribution in [0.5, 0.6) is 5.75 Å². The van der Waals surface area contributed by atoms with Crippen LogP contribution in [-0.2, 0) is 6.42 Å². The molecule has 5 nitrogen and oxygen atoms in total. The van der Waals surface area contributed by atoms with E-state index in [9.17, 15) is 0 Å². The lowest BCUT2D eigenvalue weighted by Gasteiger charge is -2.36. The maximum absolute atomic E-state index is 5.52. The first-order chi connectivity index (χ1) is 13.8. The summed E-state index contributed by atoms with van der Waals surface area (Å²) in [6.07, 6.45) is 2.00. The molecule has 0 atom stereocenters. The Kier molecular flexibility index (Phi) is 5.92. The molecule has 2 aromatic carbocycles. The van der Waals surface area contributed by atoms with Gasteiger partial charge in [-0.15, -0.1) is 0 Å². The van der Waals surface area contributed by atoms with Crippen LogP contribution < -0.4 is 9.64 Å². The highest BCUT2D eigenvalue weighted by Crippen LogP contribution is 2.28. The molecule has 3 aromatic rings. The number of rotatable bonds is 7. The van der Waals surface area contributed by atoms with Gasteiger partial charge < -0.3 is 14.2 Å². The zero-order chi connectivity index (χ0) is 19.2. The number of anilines is 1. The van der Waals surface area contributed by atoms with Crippen molar-refractivity contribution in [2.75, 3.05) is 44.7 Å². The number of methoxy groups -OCH3 is 1. The molecule has 28 heavy (non-hydrogen) atoms. The van der Waals surface area contributed by atoms with Crippen LogP contribution in [0.25, 0.3) is 11.3 Å². The standard InChI is InChI=1S/C23H27N3O2/c1-27-23-12-6-5-11-22(23)26-16-14-25(15-17-26)13-7-10-20-18-21(24-28-20)19-8-3-2-4-9-19/h2-6,8-9,11-12,18H,7,10,13-17H2,1H3. The van der Waals surface area contributed by atoms with E-state index in [-0.39, 0.29) is 0 Å². The van der Waals surface area contributed by atoms with Crippen LogP contribution >= 0.6 is 0 Å². The lowest BCUT2D eigenvalue weighted by Crippen LogP contribution is -2.46. The molecule has 0 bridgehead atoms. The highest BCUT2D eigenvalue weighted by atomic mass is 16.5. The Morgan fingerprint density at radius 3 is 2.50 bits per heavy atom. The fourth-order valence-corrected chi connectivity index (χ4v) is 3.76. The highest BCUT2D eigenvalue weighted by Gasteiger charge is 2.19. The van der Waals surface area contributed by atoms with Gasteiger partial charge in [0.15, 0.2) is 0 Å². The normalized spacial score (nSPS) is 15.0. The molecule has 0 unspecified atom stereocenters. The number of aryl methyl sites for hydroxylation is 1. The predicted octanol–water partition coefficient (Wildman–Crippen LogP) is 4.11. The third kappa shape index (κ3) is 4.37. The number of ether oxygens (including phenoxy) is 1. The van der Waals surface area contributed by atoms with Gasteiger partial charge in [0, 0.05) is 44.2 Å². The van der Waals surface area contributed by atoms with Gasteiger partial charge in [-0.2, -0.15) is 0 Å². The van der Waals surface area contributed by atoms with Gasteiger partial charge in [-0.1, -0.05) is 47.6 Å². The number of piperazine rings is 1. The van der Waals surface area contributed by atoms with Crippen LogP contribution in [-0.4, -0.2) is 49.9 Å². The van der Waals surface area contributed by atoms with Crippen LogP contribution in [0.3, 0.4) is 0 Å². The Morgan fingerprint density at radius 2 is 1.71 bits per heavy atom. The molecule has 0 aliphatic carbocycles. The van der Waals surface area contributed by atoms with E-state index >= 15 is 0 Å². The molecule has 0 radical (unpaired) electrons. The van der Waals surface area contributed by atoms with Crippen molar-refractivity contribution >= 4 is 5.69 Å². The smallest absolute Gasteiger partial charge is 0.142 e. The summed E-state index contributed by atoms with van der Waals surface area (Å²) >= 11 is 0. The van der Waals surface area contributed by atoms with Gasteiger partial charge in [-0.3, -0.25) is 4.90 Å². The van der Waals surface area contributed by atoms with E-state index in [1.54, 1.807) is 7.11 Å². The molecule has 0 amide bonds. The average molecular weight is 377 g/mol. The Balaban J connectivity index is 1.23. The molecule has 0 spiro atoms. The number of para-hydroxylation sites is 2. The Bertz CT molecular complexity index is 870. The fourth-order valence-electron chi connectivity index (χ4n) is 3.76. The summed E-state index contributed by atoms with van der Waals surface area (Å²) in [7, 11) is 1.74. The first kappa shape index (κ1) is 18.6. The number of hydrogen-bond acceptors (Lipinski definition) is 5. The monoisotopic (exact) mass is 377 g/mol.